The summed E-state index contributed by atoms with van der Waals surface area (Å²) in [4.78, 5) is 31.1. The molecule has 4 heterocycles. The molecule has 3 fully saturated rings. The summed E-state index contributed by atoms with van der Waals surface area (Å²) in [6.45, 7) is 3.97. The Labute approximate surface area is 199 Å². The van der Waals surface area contributed by atoms with Crippen LogP contribution in [-0.4, -0.2) is 70.6 Å². The lowest BCUT2D eigenvalue weighted by Crippen LogP contribution is -2.43. The fourth-order valence-electron chi connectivity index (χ4n) is 5.68. The predicted molar refractivity (Wildman–Crippen MR) is 133 cm³/mol. The van der Waals surface area contributed by atoms with Crippen LogP contribution in [0.25, 0.3) is 11.0 Å². The summed E-state index contributed by atoms with van der Waals surface area (Å²) in [5.41, 5.74) is 2.67. The number of pyridine rings is 1. The molecule has 6 rings (SSSR count). The molecule has 3 unspecified atom stereocenters. The number of hydrogen-bond acceptors (Lipinski definition) is 7. The molecule has 1 aliphatic heterocycles. The van der Waals surface area contributed by atoms with Crippen molar-refractivity contribution in [1.29, 1.82) is 0 Å². The van der Waals surface area contributed by atoms with Gasteiger partial charge in [-0.05, 0) is 42.9 Å². The lowest BCUT2D eigenvalue weighted by molar-refractivity contribution is 0.0813. The van der Waals surface area contributed by atoms with Crippen LogP contribution < -0.4 is 15.5 Å². The number of hydrogen-bond donors (Lipinski definition) is 2. The van der Waals surface area contributed by atoms with Crippen molar-refractivity contribution >= 4 is 34.4 Å². The zero-order chi connectivity index (χ0) is 23.2. The molecule has 1 amide bonds. The highest BCUT2D eigenvalue weighted by molar-refractivity contribution is 5.98. The van der Waals surface area contributed by atoms with Crippen LogP contribution in [0.15, 0.2) is 30.6 Å². The van der Waals surface area contributed by atoms with Gasteiger partial charge in [0.25, 0.3) is 5.91 Å². The van der Waals surface area contributed by atoms with Gasteiger partial charge in [-0.3, -0.25) is 4.79 Å². The van der Waals surface area contributed by atoms with Crippen LogP contribution in [0.1, 0.15) is 42.2 Å². The van der Waals surface area contributed by atoms with Gasteiger partial charge in [0.2, 0.25) is 5.95 Å². The molecule has 2 aliphatic carbocycles. The van der Waals surface area contributed by atoms with E-state index < -0.39 is 0 Å². The minimum atomic E-state index is 0.0143. The Kier molecular flexibility index (Phi) is 5.36. The smallest absolute Gasteiger partial charge is 0.270 e. The molecular formula is C25H32N8O. The molecule has 34 heavy (non-hydrogen) atoms. The molecule has 2 saturated carbocycles. The molecule has 1 saturated heterocycles. The minimum absolute atomic E-state index is 0.0143. The fraction of sp³-hybridized carbons (Fsp3) is 0.520. The van der Waals surface area contributed by atoms with Crippen molar-refractivity contribution in [3.05, 3.63) is 36.3 Å². The Morgan fingerprint density at radius 2 is 2.00 bits per heavy atom. The van der Waals surface area contributed by atoms with Gasteiger partial charge in [0.15, 0.2) is 0 Å². The van der Waals surface area contributed by atoms with Gasteiger partial charge in [-0.2, -0.15) is 4.98 Å². The highest BCUT2D eigenvalue weighted by atomic mass is 16.2. The lowest BCUT2D eigenvalue weighted by Gasteiger charge is -2.29. The Morgan fingerprint density at radius 3 is 2.76 bits per heavy atom. The van der Waals surface area contributed by atoms with E-state index in [-0.39, 0.29) is 5.91 Å². The number of aromatic nitrogens is 4. The van der Waals surface area contributed by atoms with Crippen molar-refractivity contribution in [3.8, 4) is 0 Å². The number of nitrogens with zero attached hydrogens (tertiary/aromatic N) is 6. The van der Waals surface area contributed by atoms with Crippen molar-refractivity contribution in [2.75, 3.05) is 50.5 Å². The summed E-state index contributed by atoms with van der Waals surface area (Å²) in [7, 11) is 3.61. The van der Waals surface area contributed by atoms with E-state index in [9.17, 15) is 4.79 Å². The third kappa shape index (κ3) is 3.87. The number of rotatable bonds is 5. The molecule has 0 bridgehead atoms. The number of anilines is 3. The molecule has 0 spiro atoms. The van der Waals surface area contributed by atoms with Crippen molar-refractivity contribution < 1.29 is 4.79 Å². The van der Waals surface area contributed by atoms with Gasteiger partial charge in [-0.1, -0.05) is 12.8 Å². The summed E-state index contributed by atoms with van der Waals surface area (Å²) in [5.74, 6) is 2.68. The van der Waals surface area contributed by atoms with Crippen LogP contribution in [0.4, 0.5) is 17.5 Å². The van der Waals surface area contributed by atoms with E-state index in [2.05, 4.69) is 36.1 Å². The normalized spacial score (nSPS) is 24.1. The van der Waals surface area contributed by atoms with Crippen LogP contribution in [-0.2, 0) is 0 Å². The van der Waals surface area contributed by atoms with E-state index in [1.165, 1.54) is 19.3 Å². The van der Waals surface area contributed by atoms with Gasteiger partial charge in [0.1, 0.15) is 17.2 Å². The number of amides is 1. The van der Waals surface area contributed by atoms with Crippen LogP contribution in [0.2, 0.25) is 0 Å². The van der Waals surface area contributed by atoms with Gasteiger partial charge >= 0.3 is 0 Å². The molecule has 0 aromatic carbocycles. The van der Waals surface area contributed by atoms with Gasteiger partial charge < -0.3 is 25.0 Å². The summed E-state index contributed by atoms with van der Waals surface area (Å²) >= 11 is 0. The molecule has 9 heteroatoms. The minimum Gasteiger partial charge on any atom is -0.368 e. The Bertz CT molecular complexity index is 1200. The number of carbonyl (C=O) groups excluding carboxylic acids is 1. The second-order valence-electron chi connectivity index (χ2n) is 9.99. The fourth-order valence-corrected chi connectivity index (χ4v) is 5.68. The van der Waals surface area contributed by atoms with Gasteiger partial charge in [-0.15, -0.1) is 0 Å². The SMILES string of the molecule is CN(C)C(=O)c1cc2cnc(Nc3ccc(N4CCNCC4)cn3)nc2n1C1CCCC2CC21. The average Bonchev–Trinajstić information content (AvgIpc) is 3.57. The van der Waals surface area contributed by atoms with Gasteiger partial charge in [-0.25, -0.2) is 9.97 Å². The quantitative estimate of drug-likeness (QED) is 0.605. The Hall–Kier alpha value is -3.20. The van der Waals surface area contributed by atoms with Crippen LogP contribution in [0, 0.1) is 11.8 Å². The third-order valence-corrected chi connectivity index (χ3v) is 7.55. The largest absolute Gasteiger partial charge is 0.368 e. The first-order valence-electron chi connectivity index (χ1n) is 12.4. The molecule has 3 aliphatic rings. The maximum absolute atomic E-state index is 13.1. The Balaban J connectivity index is 1.31. The van der Waals surface area contributed by atoms with Gasteiger partial charge in [0.05, 0.1) is 11.9 Å². The first-order valence-corrected chi connectivity index (χ1v) is 12.4. The molecular weight excluding hydrogens is 428 g/mol. The highest BCUT2D eigenvalue weighted by Crippen LogP contribution is 2.55. The summed E-state index contributed by atoms with van der Waals surface area (Å²) < 4.78 is 2.20. The topological polar surface area (TPSA) is 91.2 Å². The average molecular weight is 461 g/mol. The zero-order valence-electron chi connectivity index (χ0n) is 19.9. The number of piperazine rings is 1. The summed E-state index contributed by atoms with van der Waals surface area (Å²) in [5, 5.41) is 7.54. The van der Waals surface area contributed by atoms with E-state index >= 15 is 0 Å². The lowest BCUT2D eigenvalue weighted by atomic mass is 9.95. The van der Waals surface area contributed by atoms with E-state index in [0.29, 0.717) is 29.4 Å². The standard InChI is InChI=1S/C25H32N8O/c1-31(2)24(34)21-13-17-14-28-25(30-23(17)33(21)20-5-3-4-16-12-19(16)20)29-22-7-6-18(15-27-22)32-10-8-26-9-11-32/h6-7,13-16,19-20,26H,3-5,8-12H2,1-2H3,(H,27,28,29,30). The first-order chi connectivity index (χ1) is 16.6. The van der Waals surface area contributed by atoms with Crippen LogP contribution >= 0.6 is 0 Å². The molecule has 3 aromatic rings. The van der Waals surface area contributed by atoms with Gasteiger partial charge in [0, 0.05) is 57.9 Å². The molecule has 9 nitrogen and oxygen atoms in total. The second kappa shape index (κ2) is 8.54. The number of nitrogens with one attached hydrogen (secondary N) is 2. The number of carbonyl (C=O) groups is 1. The third-order valence-electron chi connectivity index (χ3n) is 7.55. The maximum atomic E-state index is 13.1. The molecule has 178 valence electrons. The first kappa shape index (κ1) is 21.3. The van der Waals surface area contributed by atoms with Crippen molar-refractivity contribution in [2.24, 2.45) is 11.8 Å². The van der Waals surface area contributed by atoms with Crippen molar-refractivity contribution in [3.63, 3.8) is 0 Å². The zero-order valence-corrected chi connectivity index (χ0v) is 19.9. The van der Waals surface area contributed by atoms with Crippen molar-refractivity contribution in [1.82, 2.24) is 29.7 Å². The van der Waals surface area contributed by atoms with E-state index in [0.717, 1.165) is 55.2 Å². The second-order valence-corrected chi connectivity index (χ2v) is 9.99. The highest BCUT2D eigenvalue weighted by Gasteiger charge is 2.47. The Morgan fingerprint density at radius 1 is 1.15 bits per heavy atom. The van der Waals surface area contributed by atoms with Crippen LogP contribution in [0.3, 0.4) is 0 Å². The van der Waals surface area contributed by atoms with E-state index in [1.807, 2.05) is 24.5 Å². The molecule has 2 N–H and O–H groups in total. The summed E-state index contributed by atoms with van der Waals surface area (Å²) in [6.07, 6.45) is 8.60. The molecule has 3 aromatic heterocycles. The molecule has 3 atom stereocenters. The summed E-state index contributed by atoms with van der Waals surface area (Å²) in [6, 6.07) is 6.34. The molecule has 0 radical (unpaired) electrons. The van der Waals surface area contributed by atoms with E-state index in [4.69, 9.17) is 4.98 Å². The number of fused-ring (bicyclic) bond motifs is 2. The van der Waals surface area contributed by atoms with Crippen molar-refractivity contribution in [2.45, 2.75) is 31.7 Å². The predicted octanol–water partition coefficient (Wildman–Crippen LogP) is 3.04. The van der Waals surface area contributed by atoms with Crippen LogP contribution in [0.5, 0.6) is 0 Å². The monoisotopic (exact) mass is 460 g/mol. The maximum Gasteiger partial charge on any atom is 0.270 e. The van der Waals surface area contributed by atoms with E-state index in [1.54, 1.807) is 19.0 Å².